The summed E-state index contributed by atoms with van der Waals surface area (Å²) >= 11 is 7.71. The van der Waals surface area contributed by atoms with Crippen molar-refractivity contribution in [2.45, 2.75) is 31.2 Å². The van der Waals surface area contributed by atoms with Crippen LogP contribution in [0.25, 0.3) is 0 Å². The number of hydrogen-bond donors (Lipinski definition) is 1. The maximum atomic E-state index is 12.2. The molecule has 32 heavy (non-hydrogen) atoms. The van der Waals surface area contributed by atoms with Crippen LogP contribution in [0.3, 0.4) is 0 Å². The second kappa shape index (κ2) is 9.04. The zero-order valence-corrected chi connectivity index (χ0v) is 19.3. The highest BCUT2D eigenvalue weighted by Gasteiger charge is 2.41. The molecule has 1 saturated carbocycles. The fraction of sp³-hybridized carbons (Fsp3) is 0.320. The lowest BCUT2D eigenvalue weighted by Crippen LogP contribution is -2.30. The predicted octanol–water partition coefficient (Wildman–Crippen LogP) is 6.38. The lowest BCUT2D eigenvalue weighted by atomic mass is 9.65. The summed E-state index contributed by atoms with van der Waals surface area (Å²) in [5.41, 5.74) is 5.15. The molecule has 1 aliphatic carbocycles. The summed E-state index contributed by atoms with van der Waals surface area (Å²) in [4.78, 5) is 21.3. The third kappa shape index (κ3) is 4.17. The van der Waals surface area contributed by atoms with E-state index in [1.165, 1.54) is 29.7 Å². The fourth-order valence-corrected chi connectivity index (χ4v) is 5.51. The van der Waals surface area contributed by atoms with E-state index in [4.69, 9.17) is 21.3 Å². The largest absolute Gasteiger partial charge is 0.496 e. The number of nitrogens with one attached hydrogen (secondary N) is 1. The Hall–Kier alpha value is -2.70. The molecule has 164 valence electrons. The molecule has 0 saturated heterocycles. The molecule has 4 unspecified atom stereocenters. The van der Waals surface area contributed by atoms with Gasteiger partial charge in [-0.1, -0.05) is 23.7 Å². The Kier molecular flexibility index (Phi) is 5.98. The maximum Gasteiger partial charge on any atom is 0.275 e. The Balaban J connectivity index is 1.36. The van der Waals surface area contributed by atoms with Crippen molar-refractivity contribution in [3.05, 3.63) is 75.2 Å². The second-order valence-electron chi connectivity index (χ2n) is 8.42. The molecule has 0 spiro atoms. The Bertz CT molecular complexity index is 1130. The van der Waals surface area contributed by atoms with Gasteiger partial charge in [-0.2, -0.15) is 0 Å². The summed E-state index contributed by atoms with van der Waals surface area (Å²) in [7, 11) is 1.70. The van der Waals surface area contributed by atoms with Crippen LogP contribution in [0.4, 0.5) is 5.69 Å². The standard InChI is InChI=1S/C25H24ClN3O2S/c1-31-23-9-5-18(26)11-21(23)24-20-8-4-16(20)10-17(12-27-24)15-2-6-19(7-3-15)29-25(30)22-13-32-14-28-22/h2-3,5-7,9,11-14,16-17,20,24H,4,8,10H2,1H3,(H,29,30). The number of aromatic nitrogens is 1. The van der Waals surface area contributed by atoms with E-state index in [0.717, 1.165) is 23.4 Å². The molecular weight excluding hydrogens is 442 g/mol. The van der Waals surface area contributed by atoms with Gasteiger partial charge in [-0.3, -0.25) is 9.79 Å². The number of rotatable bonds is 5. The summed E-state index contributed by atoms with van der Waals surface area (Å²) in [6.07, 6.45) is 5.59. The van der Waals surface area contributed by atoms with Crippen molar-refractivity contribution in [1.82, 2.24) is 4.98 Å². The molecule has 3 aromatic rings. The average molecular weight is 466 g/mol. The van der Waals surface area contributed by atoms with Crippen LogP contribution in [0.1, 0.15) is 52.8 Å². The van der Waals surface area contributed by atoms with E-state index in [1.807, 2.05) is 30.3 Å². The Labute approximate surface area is 196 Å². The van der Waals surface area contributed by atoms with E-state index in [2.05, 4.69) is 28.6 Å². The van der Waals surface area contributed by atoms with Crippen LogP contribution in [0, 0.1) is 11.8 Å². The maximum absolute atomic E-state index is 12.2. The van der Waals surface area contributed by atoms with Crippen LogP contribution in [0.15, 0.2) is 58.3 Å². The lowest BCUT2D eigenvalue weighted by molar-refractivity contribution is 0.102. The molecule has 1 N–H and O–H groups in total. The molecular formula is C25H24ClN3O2S. The van der Waals surface area contributed by atoms with Gasteiger partial charge in [0, 0.05) is 33.8 Å². The predicted molar refractivity (Wildman–Crippen MR) is 129 cm³/mol. The molecule has 1 aliphatic heterocycles. The summed E-state index contributed by atoms with van der Waals surface area (Å²) in [6, 6.07) is 13.9. The van der Waals surface area contributed by atoms with Gasteiger partial charge in [-0.15, -0.1) is 11.3 Å². The number of anilines is 1. The quantitative estimate of drug-likeness (QED) is 0.475. The number of nitrogens with zero attached hydrogens (tertiary/aromatic N) is 2. The first kappa shape index (κ1) is 21.2. The first-order valence-corrected chi connectivity index (χ1v) is 12.1. The fourth-order valence-electron chi connectivity index (χ4n) is 4.80. The van der Waals surface area contributed by atoms with Crippen LogP contribution < -0.4 is 10.1 Å². The van der Waals surface area contributed by atoms with Crippen molar-refractivity contribution in [1.29, 1.82) is 0 Å². The number of fused-ring (bicyclic) bond motifs is 1. The molecule has 1 fully saturated rings. The molecule has 5 nitrogen and oxygen atoms in total. The molecule has 7 heteroatoms. The SMILES string of the molecule is COc1ccc(Cl)cc1C1N=CC(c2ccc(NC(=O)c3cscn3)cc2)CC2CCC21. The van der Waals surface area contributed by atoms with Gasteiger partial charge in [0.15, 0.2) is 0 Å². The van der Waals surface area contributed by atoms with E-state index in [-0.39, 0.29) is 17.9 Å². The minimum Gasteiger partial charge on any atom is -0.496 e. The Morgan fingerprint density at radius 1 is 1.19 bits per heavy atom. The zero-order chi connectivity index (χ0) is 22.1. The minimum absolute atomic E-state index is 0.0732. The summed E-state index contributed by atoms with van der Waals surface area (Å²) in [6.45, 7) is 0. The van der Waals surface area contributed by atoms with Crippen LogP contribution in [0.5, 0.6) is 5.75 Å². The molecule has 1 amide bonds. The highest BCUT2D eigenvalue weighted by Crippen LogP contribution is 2.52. The monoisotopic (exact) mass is 465 g/mol. The van der Waals surface area contributed by atoms with Crippen molar-refractivity contribution < 1.29 is 9.53 Å². The Morgan fingerprint density at radius 2 is 2.03 bits per heavy atom. The number of amides is 1. The van der Waals surface area contributed by atoms with E-state index in [0.29, 0.717) is 22.6 Å². The third-order valence-electron chi connectivity index (χ3n) is 6.64. The average Bonchev–Trinajstić information content (AvgIpc) is 3.29. The normalized spacial score (nSPS) is 24.2. The van der Waals surface area contributed by atoms with Crippen LogP contribution in [-0.4, -0.2) is 24.2 Å². The topological polar surface area (TPSA) is 63.6 Å². The first-order valence-electron chi connectivity index (χ1n) is 10.8. The number of halogens is 1. The van der Waals surface area contributed by atoms with Gasteiger partial charge < -0.3 is 10.1 Å². The number of thiazole rings is 1. The molecule has 0 bridgehead atoms. The van der Waals surface area contributed by atoms with Crippen molar-refractivity contribution in [3.63, 3.8) is 0 Å². The Morgan fingerprint density at radius 3 is 2.72 bits per heavy atom. The summed E-state index contributed by atoms with van der Waals surface area (Å²) in [5.74, 6) is 2.05. The lowest BCUT2D eigenvalue weighted by Gasteiger charge is -2.40. The number of carbonyl (C=O) groups is 1. The van der Waals surface area contributed by atoms with E-state index < -0.39 is 0 Å². The van der Waals surface area contributed by atoms with Crippen molar-refractivity contribution in [2.75, 3.05) is 12.4 Å². The number of carbonyl (C=O) groups excluding carboxylic acids is 1. The molecule has 2 heterocycles. The number of methoxy groups -OCH3 is 1. The van der Waals surface area contributed by atoms with E-state index in [1.54, 1.807) is 18.0 Å². The molecule has 4 atom stereocenters. The van der Waals surface area contributed by atoms with Gasteiger partial charge in [0.1, 0.15) is 11.4 Å². The van der Waals surface area contributed by atoms with E-state index in [9.17, 15) is 4.79 Å². The second-order valence-corrected chi connectivity index (χ2v) is 9.58. The molecule has 1 aromatic heterocycles. The number of aliphatic imine (C=N–C) groups is 1. The number of ether oxygens (including phenoxy) is 1. The molecule has 0 radical (unpaired) electrons. The highest BCUT2D eigenvalue weighted by atomic mass is 35.5. The van der Waals surface area contributed by atoms with Crippen LogP contribution in [-0.2, 0) is 0 Å². The van der Waals surface area contributed by atoms with Crippen LogP contribution >= 0.6 is 22.9 Å². The van der Waals surface area contributed by atoms with Gasteiger partial charge in [0.2, 0.25) is 0 Å². The zero-order valence-electron chi connectivity index (χ0n) is 17.7. The highest BCUT2D eigenvalue weighted by molar-refractivity contribution is 7.07. The first-order chi connectivity index (χ1) is 15.6. The molecule has 2 aliphatic rings. The minimum atomic E-state index is -0.189. The van der Waals surface area contributed by atoms with Crippen LogP contribution in [0.2, 0.25) is 5.02 Å². The molecule has 2 aromatic carbocycles. The van der Waals surface area contributed by atoms with Gasteiger partial charge >= 0.3 is 0 Å². The number of benzene rings is 2. The van der Waals surface area contributed by atoms with Gasteiger partial charge in [-0.25, -0.2) is 4.98 Å². The van der Waals surface area contributed by atoms with Gasteiger partial charge in [-0.05, 0) is 67.0 Å². The third-order valence-corrected chi connectivity index (χ3v) is 7.46. The summed E-state index contributed by atoms with van der Waals surface area (Å²) in [5, 5.41) is 5.36. The van der Waals surface area contributed by atoms with Crippen molar-refractivity contribution in [2.24, 2.45) is 16.8 Å². The van der Waals surface area contributed by atoms with Crippen molar-refractivity contribution in [3.8, 4) is 5.75 Å². The molecule has 5 rings (SSSR count). The number of hydrogen-bond acceptors (Lipinski definition) is 5. The van der Waals surface area contributed by atoms with Gasteiger partial charge in [0.05, 0.1) is 18.7 Å². The summed E-state index contributed by atoms with van der Waals surface area (Å²) < 4.78 is 5.61. The van der Waals surface area contributed by atoms with E-state index >= 15 is 0 Å². The van der Waals surface area contributed by atoms with Gasteiger partial charge in [0.25, 0.3) is 5.91 Å². The smallest absolute Gasteiger partial charge is 0.275 e. The van der Waals surface area contributed by atoms with Crippen molar-refractivity contribution >= 4 is 40.7 Å².